The van der Waals surface area contributed by atoms with Gasteiger partial charge in [0.25, 0.3) is 11.8 Å². The zero-order valence-corrected chi connectivity index (χ0v) is 18.7. The predicted octanol–water partition coefficient (Wildman–Crippen LogP) is 2.36. The van der Waals surface area contributed by atoms with Crippen molar-refractivity contribution in [3.05, 3.63) is 69.7 Å². The molecule has 1 aromatic heterocycles. The van der Waals surface area contributed by atoms with Crippen molar-refractivity contribution in [3.8, 4) is 0 Å². The Hall–Kier alpha value is -3.48. The summed E-state index contributed by atoms with van der Waals surface area (Å²) >= 11 is 0. The molecule has 2 aromatic rings. The molecule has 2 bridgehead atoms. The Morgan fingerprint density at radius 2 is 1.97 bits per heavy atom. The molecule has 2 heterocycles. The summed E-state index contributed by atoms with van der Waals surface area (Å²) < 4.78 is 0. The van der Waals surface area contributed by atoms with Crippen LogP contribution in [0.1, 0.15) is 51.1 Å². The van der Waals surface area contributed by atoms with E-state index >= 15 is 0 Å². The summed E-state index contributed by atoms with van der Waals surface area (Å²) in [5.74, 6) is -0.724. The van der Waals surface area contributed by atoms with Gasteiger partial charge in [0.15, 0.2) is 0 Å². The largest absolute Gasteiger partial charge is 0.400 e. The highest BCUT2D eigenvalue weighted by Gasteiger charge is 2.25. The van der Waals surface area contributed by atoms with Crippen molar-refractivity contribution in [2.45, 2.75) is 33.1 Å². The van der Waals surface area contributed by atoms with Crippen LogP contribution in [0.5, 0.6) is 0 Å². The molecular formula is C24H29N5O2. The van der Waals surface area contributed by atoms with Crippen LogP contribution in [0.4, 0.5) is 0 Å². The molecule has 0 radical (unpaired) electrons. The minimum atomic E-state index is -0.683. The monoisotopic (exact) mass is 419 g/mol. The van der Waals surface area contributed by atoms with Gasteiger partial charge in [-0.05, 0) is 49.4 Å². The van der Waals surface area contributed by atoms with Gasteiger partial charge in [0.2, 0.25) is 0 Å². The Labute approximate surface area is 182 Å². The van der Waals surface area contributed by atoms with Gasteiger partial charge < -0.3 is 16.4 Å². The number of hydrogen-bond acceptors (Lipinski definition) is 5. The Balaban J connectivity index is 2.29. The third kappa shape index (κ3) is 4.35. The first-order chi connectivity index (χ1) is 14.6. The zero-order valence-electron chi connectivity index (χ0n) is 18.7. The predicted molar refractivity (Wildman–Crippen MR) is 123 cm³/mol. The molecule has 4 N–H and O–H groups in total. The topological polar surface area (TPSA) is 115 Å². The van der Waals surface area contributed by atoms with Gasteiger partial charge in [0.05, 0.1) is 6.54 Å². The van der Waals surface area contributed by atoms with Crippen LogP contribution in [0, 0.1) is 13.8 Å². The van der Waals surface area contributed by atoms with Gasteiger partial charge in [-0.1, -0.05) is 24.6 Å². The van der Waals surface area contributed by atoms with E-state index in [0.29, 0.717) is 28.8 Å². The number of fused-ring (bicyclic) bond motifs is 3. The van der Waals surface area contributed by atoms with Crippen molar-refractivity contribution in [1.82, 2.24) is 9.88 Å². The number of rotatable bonds is 2. The number of amides is 2. The van der Waals surface area contributed by atoms with E-state index in [-0.39, 0.29) is 24.1 Å². The number of aliphatic imine (C=N–C) groups is 1. The molecule has 7 nitrogen and oxygen atoms in total. The summed E-state index contributed by atoms with van der Waals surface area (Å²) in [6.07, 6.45) is 2.36. The van der Waals surface area contributed by atoms with Crippen LogP contribution in [0.25, 0.3) is 5.57 Å². The van der Waals surface area contributed by atoms with Gasteiger partial charge in [0.1, 0.15) is 5.71 Å². The minimum Gasteiger partial charge on any atom is -0.400 e. The van der Waals surface area contributed by atoms with Crippen LogP contribution in [0.15, 0.2) is 41.2 Å². The van der Waals surface area contributed by atoms with Gasteiger partial charge in [-0.15, -0.1) is 0 Å². The van der Waals surface area contributed by atoms with Gasteiger partial charge in [-0.2, -0.15) is 0 Å². The standard InChI is InChI=1S/C24H29N5O2/c1-13-6-7-18-19(8-13)14(2)9-16-10-17(11-28-15(16)3)21(22(27-4)23(26)30)20(25)12-29(5)24(18)31/h6-8,10-11,14H,9,12,25H2,1-5H3,(H2,26,30). The third-order valence-electron chi connectivity index (χ3n) is 5.74. The lowest BCUT2D eigenvalue weighted by Gasteiger charge is -2.25. The summed E-state index contributed by atoms with van der Waals surface area (Å²) in [5, 5.41) is 0. The average Bonchev–Trinajstić information content (AvgIpc) is 2.71. The van der Waals surface area contributed by atoms with E-state index in [2.05, 4.69) is 23.0 Å². The van der Waals surface area contributed by atoms with Gasteiger partial charge in [0, 0.05) is 48.4 Å². The molecule has 2 amide bonds. The number of nitrogens with zero attached hydrogens (tertiary/aromatic N) is 3. The zero-order chi connectivity index (χ0) is 22.9. The Morgan fingerprint density at radius 3 is 2.61 bits per heavy atom. The SMILES string of the molecule is CN=C(C(N)=O)C1=C(N)CN(C)C(=O)c2ccc(C)cc2C(C)Cc2cc1cnc2C. The van der Waals surface area contributed by atoms with Crippen LogP contribution in [0.3, 0.4) is 0 Å². The number of benzene rings is 1. The van der Waals surface area contributed by atoms with E-state index in [9.17, 15) is 9.59 Å². The number of pyridine rings is 1. The molecule has 1 aliphatic heterocycles. The first-order valence-electron chi connectivity index (χ1n) is 10.2. The van der Waals surface area contributed by atoms with Crippen LogP contribution in [-0.4, -0.2) is 48.1 Å². The molecule has 1 unspecified atom stereocenters. The normalized spacial score (nSPS) is 17.7. The van der Waals surface area contributed by atoms with Gasteiger partial charge >= 0.3 is 0 Å². The van der Waals surface area contributed by atoms with Crippen LogP contribution in [-0.2, 0) is 11.2 Å². The highest BCUT2D eigenvalue weighted by atomic mass is 16.2. The van der Waals surface area contributed by atoms with Crippen molar-refractivity contribution < 1.29 is 9.59 Å². The first-order valence-corrected chi connectivity index (χ1v) is 10.2. The molecule has 1 aromatic carbocycles. The smallest absolute Gasteiger partial charge is 0.267 e. The molecule has 1 aliphatic rings. The lowest BCUT2D eigenvalue weighted by Crippen LogP contribution is -2.34. The van der Waals surface area contributed by atoms with Crippen LogP contribution >= 0.6 is 0 Å². The highest BCUT2D eigenvalue weighted by Crippen LogP contribution is 2.30. The molecule has 0 spiro atoms. The number of nitrogens with two attached hydrogens (primary N) is 2. The van der Waals surface area contributed by atoms with E-state index in [4.69, 9.17) is 11.5 Å². The molecular weight excluding hydrogens is 390 g/mol. The van der Waals surface area contributed by atoms with Crippen molar-refractivity contribution in [2.24, 2.45) is 16.5 Å². The number of carbonyl (C=O) groups is 2. The van der Waals surface area contributed by atoms with E-state index in [1.165, 1.54) is 7.05 Å². The molecule has 0 saturated carbocycles. The number of aromatic nitrogens is 1. The molecule has 0 aliphatic carbocycles. The number of likely N-dealkylation sites (N-methyl/N-ethyl adjacent to an activating group) is 1. The van der Waals surface area contributed by atoms with E-state index in [1.807, 2.05) is 32.0 Å². The molecule has 31 heavy (non-hydrogen) atoms. The lowest BCUT2D eigenvalue weighted by atomic mass is 9.87. The maximum atomic E-state index is 13.3. The summed E-state index contributed by atoms with van der Waals surface area (Å²) in [4.78, 5) is 35.6. The second kappa shape index (κ2) is 8.71. The maximum absolute atomic E-state index is 13.3. The van der Waals surface area contributed by atoms with Gasteiger partial charge in [-0.25, -0.2) is 0 Å². The maximum Gasteiger partial charge on any atom is 0.267 e. The summed E-state index contributed by atoms with van der Waals surface area (Å²) in [6.45, 7) is 6.19. The molecule has 0 saturated heterocycles. The second-order valence-electron chi connectivity index (χ2n) is 8.16. The molecule has 162 valence electrons. The molecule has 0 fully saturated rings. The minimum absolute atomic E-state index is 0.0658. The van der Waals surface area contributed by atoms with E-state index in [0.717, 1.165) is 22.4 Å². The van der Waals surface area contributed by atoms with Crippen molar-refractivity contribution in [1.29, 1.82) is 0 Å². The summed E-state index contributed by atoms with van der Waals surface area (Å²) in [7, 11) is 3.19. The Bertz CT molecular complexity index is 1120. The highest BCUT2D eigenvalue weighted by molar-refractivity contribution is 6.55. The van der Waals surface area contributed by atoms with Gasteiger partial charge in [-0.3, -0.25) is 19.6 Å². The lowest BCUT2D eigenvalue weighted by molar-refractivity contribution is -0.111. The number of carbonyl (C=O) groups excluding carboxylic acids is 2. The first kappa shape index (κ1) is 22.2. The fraction of sp³-hybridized carbons (Fsp3) is 0.333. The summed E-state index contributed by atoms with van der Waals surface area (Å²) in [5.41, 5.74) is 18.2. The van der Waals surface area contributed by atoms with Crippen LogP contribution < -0.4 is 11.5 Å². The quantitative estimate of drug-likeness (QED) is 0.727. The number of primary amides is 1. The fourth-order valence-electron chi connectivity index (χ4n) is 4.08. The molecule has 3 rings (SSSR count). The molecule has 1 atom stereocenters. The Kier molecular flexibility index (Phi) is 6.24. The number of hydrogen-bond donors (Lipinski definition) is 2. The van der Waals surface area contributed by atoms with Crippen molar-refractivity contribution in [2.75, 3.05) is 20.6 Å². The summed E-state index contributed by atoms with van der Waals surface area (Å²) in [6, 6.07) is 7.88. The van der Waals surface area contributed by atoms with Crippen molar-refractivity contribution in [3.63, 3.8) is 0 Å². The third-order valence-corrected chi connectivity index (χ3v) is 5.74. The number of aryl methyl sites for hydroxylation is 2. The average molecular weight is 420 g/mol. The Morgan fingerprint density at radius 1 is 1.26 bits per heavy atom. The molecule has 7 heteroatoms. The van der Waals surface area contributed by atoms with Crippen molar-refractivity contribution >= 4 is 23.1 Å². The van der Waals surface area contributed by atoms with Crippen LogP contribution in [0.2, 0.25) is 0 Å². The van der Waals surface area contributed by atoms with E-state index in [1.54, 1.807) is 18.1 Å². The fourth-order valence-corrected chi connectivity index (χ4v) is 4.08. The van der Waals surface area contributed by atoms with E-state index < -0.39 is 5.91 Å². The second-order valence-corrected chi connectivity index (χ2v) is 8.16.